The number of aldehydes is 1. The Labute approximate surface area is 114 Å². The van der Waals surface area contributed by atoms with Crippen molar-refractivity contribution >= 4 is 29.2 Å². The van der Waals surface area contributed by atoms with Gasteiger partial charge in [0.15, 0.2) is 5.75 Å². The lowest BCUT2D eigenvalue weighted by molar-refractivity contribution is -0.114. The van der Waals surface area contributed by atoms with Crippen LogP contribution >= 0.6 is 22.9 Å². The van der Waals surface area contributed by atoms with Crippen LogP contribution in [0.25, 0.3) is 10.6 Å². The molecule has 6 heteroatoms. The summed E-state index contributed by atoms with van der Waals surface area (Å²) in [6.07, 6.45) is 2.55. The van der Waals surface area contributed by atoms with Crippen LogP contribution in [0.5, 0.6) is 5.75 Å². The molecule has 0 aliphatic heterocycles. The third kappa shape index (κ3) is 2.15. The summed E-state index contributed by atoms with van der Waals surface area (Å²) >= 11 is 7.58. The fraction of sp³-hybridized carbons (Fsp3) is 0.333. The van der Waals surface area contributed by atoms with E-state index in [0.717, 1.165) is 11.2 Å². The Kier molecular flexibility index (Phi) is 3.45. The second-order valence-electron chi connectivity index (χ2n) is 4.36. The van der Waals surface area contributed by atoms with Crippen LogP contribution in [-0.4, -0.2) is 23.2 Å². The average Bonchev–Trinajstić information content (AvgIpc) is 2.94. The van der Waals surface area contributed by atoms with Gasteiger partial charge in [0.05, 0.1) is 23.2 Å². The Balaban J connectivity index is 2.56. The van der Waals surface area contributed by atoms with E-state index in [4.69, 9.17) is 16.3 Å². The molecule has 0 aliphatic carbocycles. The van der Waals surface area contributed by atoms with Gasteiger partial charge in [-0.3, -0.25) is 4.68 Å². The minimum atomic E-state index is -0.713. The number of thiophene rings is 1. The maximum Gasteiger partial charge on any atom is 0.165 e. The number of hydrogen-bond donors (Lipinski definition) is 0. The zero-order valence-electron chi connectivity index (χ0n) is 10.3. The predicted molar refractivity (Wildman–Crippen MR) is 72.5 cm³/mol. The fourth-order valence-electron chi connectivity index (χ4n) is 1.48. The number of hydrogen-bond acceptors (Lipinski definition) is 4. The topological polar surface area (TPSA) is 44.1 Å². The van der Waals surface area contributed by atoms with Crippen molar-refractivity contribution in [2.45, 2.75) is 19.4 Å². The van der Waals surface area contributed by atoms with E-state index in [9.17, 15) is 4.79 Å². The van der Waals surface area contributed by atoms with Gasteiger partial charge in [0.25, 0.3) is 0 Å². The number of halogens is 1. The van der Waals surface area contributed by atoms with Gasteiger partial charge >= 0.3 is 0 Å². The van der Waals surface area contributed by atoms with Crippen molar-refractivity contribution in [2.24, 2.45) is 0 Å². The Hall–Kier alpha value is -1.33. The van der Waals surface area contributed by atoms with Crippen LogP contribution in [0, 0.1) is 0 Å². The van der Waals surface area contributed by atoms with Crippen molar-refractivity contribution in [3.63, 3.8) is 0 Å². The molecule has 0 saturated heterocycles. The van der Waals surface area contributed by atoms with Crippen molar-refractivity contribution in [3.8, 4) is 16.3 Å². The highest BCUT2D eigenvalue weighted by Crippen LogP contribution is 2.38. The van der Waals surface area contributed by atoms with Crippen LogP contribution in [-0.2, 0) is 10.3 Å². The fourth-order valence-corrected chi connectivity index (χ4v) is 2.61. The summed E-state index contributed by atoms with van der Waals surface area (Å²) in [7, 11) is 1.57. The van der Waals surface area contributed by atoms with Crippen LogP contribution in [0.2, 0.25) is 5.02 Å². The van der Waals surface area contributed by atoms with Crippen LogP contribution in [0.3, 0.4) is 0 Å². The van der Waals surface area contributed by atoms with E-state index in [-0.39, 0.29) is 0 Å². The largest absolute Gasteiger partial charge is 0.493 e. The minimum Gasteiger partial charge on any atom is -0.493 e. The van der Waals surface area contributed by atoms with Gasteiger partial charge < -0.3 is 9.53 Å². The van der Waals surface area contributed by atoms with Gasteiger partial charge in [-0.1, -0.05) is 11.6 Å². The molecular weight excluding hydrogens is 272 g/mol. The van der Waals surface area contributed by atoms with Gasteiger partial charge in [-0.25, -0.2) is 0 Å². The molecule has 0 saturated carbocycles. The number of rotatable bonds is 4. The van der Waals surface area contributed by atoms with Gasteiger partial charge in [-0.05, 0) is 25.3 Å². The van der Waals surface area contributed by atoms with Crippen molar-refractivity contribution < 1.29 is 9.53 Å². The first-order valence-corrected chi connectivity index (χ1v) is 6.59. The molecule has 0 radical (unpaired) electrons. The summed E-state index contributed by atoms with van der Waals surface area (Å²) in [6, 6.07) is 1.81. The van der Waals surface area contributed by atoms with E-state index in [1.165, 1.54) is 11.3 Å². The summed E-state index contributed by atoms with van der Waals surface area (Å²) in [6.45, 7) is 3.57. The molecule has 0 bridgehead atoms. The van der Waals surface area contributed by atoms with Gasteiger partial charge in [-0.15, -0.1) is 11.3 Å². The van der Waals surface area contributed by atoms with Crippen LogP contribution in [0.4, 0.5) is 0 Å². The van der Waals surface area contributed by atoms with Crippen molar-refractivity contribution in [3.05, 3.63) is 22.7 Å². The molecule has 0 aromatic carbocycles. The molecule has 0 fully saturated rings. The SMILES string of the molecule is COc1cn(C(C)(C)C=O)nc1-c1sccc1Cl. The monoisotopic (exact) mass is 284 g/mol. The number of nitrogens with zero attached hydrogens (tertiary/aromatic N) is 2. The zero-order valence-corrected chi connectivity index (χ0v) is 11.9. The highest BCUT2D eigenvalue weighted by Gasteiger charge is 2.24. The lowest BCUT2D eigenvalue weighted by atomic mass is 10.1. The molecule has 2 rings (SSSR count). The van der Waals surface area contributed by atoms with Crippen molar-refractivity contribution in [1.82, 2.24) is 9.78 Å². The minimum absolute atomic E-state index is 0.606. The Morgan fingerprint density at radius 1 is 1.56 bits per heavy atom. The first-order valence-electron chi connectivity index (χ1n) is 5.33. The molecule has 0 spiro atoms. The first-order chi connectivity index (χ1) is 8.49. The van der Waals surface area contributed by atoms with E-state index in [1.807, 2.05) is 11.4 Å². The van der Waals surface area contributed by atoms with E-state index < -0.39 is 5.54 Å². The van der Waals surface area contributed by atoms with Gasteiger partial charge in [0, 0.05) is 0 Å². The summed E-state index contributed by atoms with van der Waals surface area (Å²) in [5, 5.41) is 6.94. The predicted octanol–water partition coefficient (Wildman–Crippen LogP) is 3.21. The van der Waals surface area contributed by atoms with Gasteiger partial charge in [0.2, 0.25) is 0 Å². The lowest BCUT2D eigenvalue weighted by Gasteiger charge is -2.16. The third-order valence-corrected chi connectivity index (χ3v) is 3.96. The molecule has 0 N–H and O–H groups in total. The highest BCUT2D eigenvalue weighted by atomic mass is 35.5. The van der Waals surface area contributed by atoms with E-state index in [1.54, 1.807) is 31.8 Å². The molecule has 0 atom stereocenters. The van der Waals surface area contributed by atoms with Crippen LogP contribution in [0.1, 0.15) is 13.8 Å². The van der Waals surface area contributed by atoms with Crippen LogP contribution < -0.4 is 4.74 Å². The molecule has 2 aromatic rings. The Bertz CT molecular complexity index is 574. The second kappa shape index (κ2) is 4.74. The Morgan fingerprint density at radius 3 is 2.78 bits per heavy atom. The standard InChI is InChI=1S/C12H13ClN2O2S/c1-12(2,7-16)15-6-9(17-3)10(14-15)11-8(13)4-5-18-11/h4-7H,1-3H3. The van der Waals surface area contributed by atoms with Crippen LogP contribution in [0.15, 0.2) is 17.6 Å². The molecule has 2 aromatic heterocycles. The first kappa shape index (κ1) is 13.1. The van der Waals surface area contributed by atoms with E-state index in [2.05, 4.69) is 5.10 Å². The number of carbonyl (C=O) groups is 1. The molecule has 2 heterocycles. The summed E-state index contributed by atoms with van der Waals surface area (Å²) in [5.74, 6) is 0.606. The summed E-state index contributed by atoms with van der Waals surface area (Å²) in [4.78, 5) is 11.9. The summed E-state index contributed by atoms with van der Waals surface area (Å²) in [5.41, 5.74) is -0.0534. The third-order valence-electron chi connectivity index (χ3n) is 2.61. The number of methoxy groups -OCH3 is 1. The average molecular weight is 285 g/mol. The van der Waals surface area contributed by atoms with Gasteiger partial charge in [-0.2, -0.15) is 5.10 Å². The molecule has 0 unspecified atom stereocenters. The molecule has 0 aliphatic rings. The molecular formula is C12H13ClN2O2S. The van der Waals surface area contributed by atoms with E-state index >= 15 is 0 Å². The number of carbonyl (C=O) groups excluding carboxylic acids is 1. The van der Waals surface area contributed by atoms with Crippen molar-refractivity contribution in [1.29, 1.82) is 0 Å². The molecule has 96 valence electrons. The van der Waals surface area contributed by atoms with E-state index in [0.29, 0.717) is 16.5 Å². The van der Waals surface area contributed by atoms with Gasteiger partial charge in [0.1, 0.15) is 17.5 Å². The summed E-state index contributed by atoms with van der Waals surface area (Å²) < 4.78 is 6.88. The number of ether oxygens (including phenoxy) is 1. The number of aromatic nitrogens is 2. The zero-order chi connectivity index (χ0) is 13.3. The molecule has 18 heavy (non-hydrogen) atoms. The maximum absolute atomic E-state index is 11.1. The smallest absolute Gasteiger partial charge is 0.165 e. The highest BCUT2D eigenvalue weighted by molar-refractivity contribution is 7.14. The maximum atomic E-state index is 11.1. The van der Waals surface area contributed by atoms with Crippen molar-refractivity contribution in [2.75, 3.05) is 7.11 Å². The molecule has 0 amide bonds. The second-order valence-corrected chi connectivity index (χ2v) is 5.68. The molecule has 4 nitrogen and oxygen atoms in total. The lowest BCUT2D eigenvalue weighted by Crippen LogP contribution is -2.28. The Morgan fingerprint density at radius 2 is 2.28 bits per heavy atom. The normalized spacial score (nSPS) is 11.6. The quantitative estimate of drug-likeness (QED) is 0.810.